The number of fused-ring (bicyclic) bond motifs is 1. The van der Waals surface area contributed by atoms with Crippen LogP contribution in [0.1, 0.15) is 55.6 Å². The molecule has 0 saturated heterocycles. The molecule has 0 bridgehead atoms. The second kappa shape index (κ2) is 10.7. The topological polar surface area (TPSA) is 83.1 Å². The van der Waals surface area contributed by atoms with Gasteiger partial charge in [0.2, 0.25) is 5.91 Å². The van der Waals surface area contributed by atoms with Crippen molar-refractivity contribution in [1.82, 2.24) is 10.3 Å². The Balaban J connectivity index is 1.47. The van der Waals surface area contributed by atoms with Gasteiger partial charge >= 0.3 is 6.18 Å². The maximum absolute atomic E-state index is 13.9. The summed E-state index contributed by atoms with van der Waals surface area (Å²) in [5, 5.41) is 9.17. The number of amides is 2. The molecular weight excluding hydrogens is 488 g/mol. The number of benzene rings is 2. The molecule has 1 fully saturated rings. The zero-order chi connectivity index (χ0) is 26.7. The van der Waals surface area contributed by atoms with E-state index in [2.05, 4.69) is 20.9 Å². The summed E-state index contributed by atoms with van der Waals surface area (Å²) in [6.45, 7) is 3.54. The van der Waals surface area contributed by atoms with Crippen LogP contribution >= 0.6 is 0 Å². The number of carbonyl (C=O) groups is 2. The maximum atomic E-state index is 13.9. The Morgan fingerprint density at radius 2 is 1.78 bits per heavy atom. The first-order chi connectivity index (χ1) is 17.5. The van der Waals surface area contributed by atoms with Crippen molar-refractivity contribution in [2.75, 3.05) is 10.6 Å². The van der Waals surface area contributed by atoms with E-state index in [-0.39, 0.29) is 46.4 Å². The lowest BCUT2D eigenvalue weighted by molar-refractivity contribution is -0.140. The van der Waals surface area contributed by atoms with Gasteiger partial charge < -0.3 is 16.0 Å². The molecule has 0 spiro atoms. The third kappa shape index (κ3) is 6.55. The SMILES string of the molecule is CC(C)C(=O)Nc1cccc(C(=O)N[C@@H]2CCC[C@H](Nc3cc(C(F)(F)F)nc4ccc(F)cc34)C2)c1. The molecule has 196 valence electrons. The molecule has 1 saturated carbocycles. The second-order valence-electron chi connectivity index (χ2n) is 9.62. The van der Waals surface area contributed by atoms with Crippen molar-refractivity contribution in [3.05, 3.63) is 65.6 Å². The molecule has 2 aromatic carbocycles. The van der Waals surface area contributed by atoms with Crippen molar-refractivity contribution in [2.24, 2.45) is 5.92 Å². The summed E-state index contributed by atoms with van der Waals surface area (Å²) in [4.78, 5) is 28.5. The first-order valence-corrected chi connectivity index (χ1v) is 12.2. The molecule has 37 heavy (non-hydrogen) atoms. The van der Waals surface area contributed by atoms with Crippen LogP contribution in [0.5, 0.6) is 0 Å². The van der Waals surface area contributed by atoms with E-state index in [0.717, 1.165) is 24.6 Å². The van der Waals surface area contributed by atoms with Gasteiger partial charge in [-0.3, -0.25) is 9.59 Å². The number of hydrogen-bond donors (Lipinski definition) is 3. The van der Waals surface area contributed by atoms with E-state index in [1.165, 1.54) is 6.07 Å². The monoisotopic (exact) mass is 516 g/mol. The van der Waals surface area contributed by atoms with Crippen LogP contribution in [0, 0.1) is 11.7 Å². The number of hydrogen-bond acceptors (Lipinski definition) is 4. The highest BCUT2D eigenvalue weighted by atomic mass is 19.4. The van der Waals surface area contributed by atoms with Crippen LogP contribution in [-0.2, 0) is 11.0 Å². The standard InChI is InChI=1S/C27H28F4N4O2/c1-15(2)25(36)33-18-6-3-5-16(11-18)26(37)34-20-8-4-7-19(13-20)32-23-14-24(27(29,30)31)35-22-10-9-17(28)12-21(22)23/h3,5-6,9-12,14-15,19-20H,4,7-8,13H2,1-2H3,(H,32,35)(H,33,36)(H,34,37)/t19-,20+/m0/s1. The van der Waals surface area contributed by atoms with Gasteiger partial charge in [-0.15, -0.1) is 0 Å². The van der Waals surface area contributed by atoms with Gasteiger partial charge in [0, 0.05) is 40.3 Å². The van der Waals surface area contributed by atoms with Crippen molar-refractivity contribution < 1.29 is 27.2 Å². The zero-order valence-corrected chi connectivity index (χ0v) is 20.5. The van der Waals surface area contributed by atoms with Crippen LogP contribution in [-0.4, -0.2) is 28.9 Å². The average Bonchev–Trinajstić information content (AvgIpc) is 2.84. The molecule has 4 rings (SSSR count). The molecule has 3 N–H and O–H groups in total. The first-order valence-electron chi connectivity index (χ1n) is 12.2. The van der Waals surface area contributed by atoms with Gasteiger partial charge in [-0.2, -0.15) is 13.2 Å². The number of nitrogens with zero attached hydrogens (tertiary/aromatic N) is 1. The fourth-order valence-corrected chi connectivity index (χ4v) is 4.43. The highest BCUT2D eigenvalue weighted by molar-refractivity contribution is 5.97. The van der Waals surface area contributed by atoms with Crippen molar-refractivity contribution >= 4 is 34.1 Å². The van der Waals surface area contributed by atoms with Gasteiger partial charge in [0.25, 0.3) is 5.91 Å². The fraction of sp³-hybridized carbons (Fsp3) is 0.370. The minimum atomic E-state index is -4.65. The number of nitrogens with one attached hydrogen (secondary N) is 3. The van der Waals surface area contributed by atoms with Crippen LogP contribution in [0.25, 0.3) is 10.9 Å². The Bertz CT molecular complexity index is 1310. The van der Waals surface area contributed by atoms with Crippen molar-refractivity contribution in [3.63, 3.8) is 0 Å². The molecule has 2 amide bonds. The molecule has 2 atom stereocenters. The lowest BCUT2D eigenvalue weighted by Crippen LogP contribution is -2.41. The second-order valence-corrected chi connectivity index (χ2v) is 9.62. The number of aromatic nitrogens is 1. The van der Waals surface area contributed by atoms with Gasteiger partial charge in [-0.25, -0.2) is 9.37 Å². The van der Waals surface area contributed by atoms with Gasteiger partial charge in [-0.05, 0) is 68.1 Å². The first kappa shape index (κ1) is 26.4. The number of rotatable bonds is 6. The Morgan fingerprint density at radius 3 is 2.51 bits per heavy atom. The van der Waals surface area contributed by atoms with Crippen molar-refractivity contribution in [1.29, 1.82) is 0 Å². The summed E-state index contributed by atoms with van der Waals surface area (Å²) >= 11 is 0. The Kier molecular flexibility index (Phi) is 7.65. The smallest absolute Gasteiger partial charge is 0.382 e. The number of halogens is 4. The van der Waals surface area contributed by atoms with Crippen LogP contribution < -0.4 is 16.0 Å². The third-order valence-electron chi connectivity index (χ3n) is 6.35. The maximum Gasteiger partial charge on any atom is 0.433 e. The van der Waals surface area contributed by atoms with Gasteiger partial charge in [0.1, 0.15) is 11.5 Å². The number of alkyl halides is 3. The van der Waals surface area contributed by atoms with Gasteiger partial charge in [0.05, 0.1) is 5.52 Å². The van der Waals surface area contributed by atoms with Gasteiger partial charge in [-0.1, -0.05) is 19.9 Å². The third-order valence-corrected chi connectivity index (χ3v) is 6.35. The number of carbonyl (C=O) groups excluding carboxylic acids is 2. The van der Waals surface area contributed by atoms with E-state index in [1.54, 1.807) is 38.1 Å². The molecule has 1 heterocycles. The largest absolute Gasteiger partial charge is 0.433 e. The summed E-state index contributed by atoms with van der Waals surface area (Å²) < 4.78 is 54.2. The molecule has 10 heteroatoms. The molecule has 1 aromatic heterocycles. The Labute approximate surface area is 211 Å². The van der Waals surface area contributed by atoms with E-state index in [1.807, 2.05) is 0 Å². The molecule has 0 unspecified atom stereocenters. The van der Waals surface area contributed by atoms with Crippen LogP contribution in [0.3, 0.4) is 0 Å². The number of pyridine rings is 1. The van der Waals surface area contributed by atoms with E-state index in [4.69, 9.17) is 0 Å². The molecular formula is C27H28F4N4O2. The van der Waals surface area contributed by atoms with E-state index >= 15 is 0 Å². The Morgan fingerprint density at radius 1 is 1.03 bits per heavy atom. The molecule has 0 radical (unpaired) electrons. The zero-order valence-electron chi connectivity index (χ0n) is 20.5. The van der Waals surface area contributed by atoms with Crippen LogP contribution in [0.4, 0.5) is 28.9 Å². The molecule has 3 aromatic rings. The predicted octanol–water partition coefficient (Wildman–Crippen LogP) is 6.14. The molecule has 6 nitrogen and oxygen atoms in total. The Hall–Kier alpha value is -3.69. The highest BCUT2D eigenvalue weighted by Gasteiger charge is 2.34. The molecule has 0 aliphatic heterocycles. The predicted molar refractivity (Wildman–Crippen MR) is 134 cm³/mol. The van der Waals surface area contributed by atoms with E-state index < -0.39 is 17.7 Å². The molecule has 1 aliphatic rings. The van der Waals surface area contributed by atoms with Gasteiger partial charge in [0.15, 0.2) is 0 Å². The number of anilines is 2. The van der Waals surface area contributed by atoms with Crippen LogP contribution in [0.2, 0.25) is 0 Å². The van der Waals surface area contributed by atoms with E-state index in [0.29, 0.717) is 30.5 Å². The average molecular weight is 517 g/mol. The highest BCUT2D eigenvalue weighted by Crippen LogP contribution is 2.34. The quantitative estimate of drug-likeness (QED) is 0.344. The summed E-state index contributed by atoms with van der Waals surface area (Å²) in [5.74, 6) is -1.24. The lowest BCUT2D eigenvalue weighted by Gasteiger charge is -2.31. The minimum Gasteiger partial charge on any atom is -0.382 e. The normalized spacial score (nSPS) is 18.0. The van der Waals surface area contributed by atoms with E-state index in [9.17, 15) is 27.2 Å². The summed E-state index contributed by atoms with van der Waals surface area (Å²) in [6.07, 6.45) is -2.02. The lowest BCUT2D eigenvalue weighted by atomic mass is 9.90. The molecule has 1 aliphatic carbocycles. The fourth-order valence-electron chi connectivity index (χ4n) is 4.43. The summed E-state index contributed by atoms with van der Waals surface area (Å²) in [7, 11) is 0. The van der Waals surface area contributed by atoms with Crippen molar-refractivity contribution in [3.8, 4) is 0 Å². The summed E-state index contributed by atoms with van der Waals surface area (Å²) in [5.41, 5.74) is 0.0549. The van der Waals surface area contributed by atoms with Crippen LogP contribution in [0.15, 0.2) is 48.5 Å². The minimum absolute atomic E-state index is 0.0452. The van der Waals surface area contributed by atoms with Crippen molar-refractivity contribution in [2.45, 2.75) is 57.8 Å². The summed E-state index contributed by atoms with van der Waals surface area (Å²) in [6, 6.07) is 10.6.